The van der Waals surface area contributed by atoms with Crippen LogP contribution in [-0.2, 0) is 24.6 Å². The van der Waals surface area contributed by atoms with E-state index in [1.807, 2.05) is 0 Å². The Morgan fingerprint density at radius 2 is 1.85 bits per heavy atom. The number of nitro groups is 1. The summed E-state index contributed by atoms with van der Waals surface area (Å²) in [7, 11) is 2.11. The second-order valence-corrected chi connectivity index (χ2v) is 8.65. The number of hydrogen-bond donors (Lipinski definition) is 0. The van der Waals surface area contributed by atoms with Gasteiger partial charge in [-0.1, -0.05) is 0 Å². The van der Waals surface area contributed by atoms with Crippen LogP contribution in [0.3, 0.4) is 0 Å². The quantitative estimate of drug-likeness (QED) is 0.164. The summed E-state index contributed by atoms with van der Waals surface area (Å²) in [6, 6.07) is 3.39. The van der Waals surface area contributed by atoms with Crippen LogP contribution in [0.1, 0.15) is 25.3 Å². The number of unbranched alkanes of at least 4 members (excludes halogenated alkanes) is 1. The van der Waals surface area contributed by atoms with Crippen molar-refractivity contribution in [1.82, 2.24) is 0 Å². The Hall–Kier alpha value is -2.03. The van der Waals surface area contributed by atoms with E-state index in [2.05, 4.69) is 4.85 Å². The van der Waals surface area contributed by atoms with Crippen LogP contribution in [-0.4, -0.2) is 48.3 Å². The van der Waals surface area contributed by atoms with E-state index in [0.29, 0.717) is 24.8 Å². The fourth-order valence-corrected chi connectivity index (χ4v) is 4.32. The van der Waals surface area contributed by atoms with Crippen LogP contribution >= 0.6 is 0 Å². The summed E-state index contributed by atoms with van der Waals surface area (Å²) in [6.45, 7) is 9.76. The molecule has 0 aromatic heterocycles. The first kappa shape index (κ1) is 23.0. The molecule has 0 unspecified atom stereocenters. The molecule has 1 aromatic rings. The van der Waals surface area contributed by atoms with Crippen molar-refractivity contribution in [3.8, 4) is 5.75 Å². The Labute approximate surface area is 160 Å². The molecule has 0 spiro atoms. The number of hydrogen-bond acceptors (Lipinski definition) is 7. The van der Waals surface area contributed by atoms with Gasteiger partial charge in [0.1, 0.15) is 5.75 Å². The molecule has 0 radical (unpaired) electrons. The van der Waals surface area contributed by atoms with E-state index in [1.165, 1.54) is 12.1 Å². The van der Waals surface area contributed by atoms with Crippen molar-refractivity contribution in [3.05, 3.63) is 39.2 Å². The molecule has 0 atom stereocenters. The molecule has 0 N–H and O–H groups in total. The van der Waals surface area contributed by atoms with E-state index >= 15 is 0 Å². The van der Waals surface area contributed by atoms with Crippen molar-refractivity contribution in [2.45, 2.75) is 32.4 Å². The van der Waals surface area contributed by atoms with Gasteiger partial charge in [0.2, 0.25) is 5.69 Å². The second-order valence-electron chi connectivity index (χ2n) is 5.56. The van der Waals surface area contributed by atoms with Crippen molar-refractivity contribution in [3.63, 3.8) is 0 Å². The minimum absolute atomic E-state index is 0.0483. The molecule has 9 nitrogen and oxygen atoms in total. The van der Waals surface area contributed by atoms with Gasteiger partial charge < -0.3 is 22.8 Å². The number of rotatable bonds is 13. The zero-order valence-electron chi connectivity index (χ0n) is 16.1. The van der Waals surface area contributed by atoms with Gasteiger partial charge in [-0.15, -0.1) is 0 Å². The van der Waals surface area contributed by atoms with E-state index in [0.717, 1.165) is 12.8 Å². The Balaban J connectivity index is 2.64. The Kier molecular flexibility index (Phi) is 9.91. The molecule has 27 heavy (non-hydrogen) atoms. The van der Waals surface area contributed by atoms with E-state index in [9.17, 15) is 10.1 Å². The molecule has 0 heterocycles. The van der Waals surface area contributed by atoms with Gasteiger partial charge in [-0.2, -0.15) is 0 Å². The maximum atomic E-state index is 11.3. The molecule has 0 aliphatic rings. The maximum Gasteiger partial charge on any atom is 0.500 e. The number of nitro benzene ring substituents is 1. The molecule has 10 heteroatoms. The summed E-state index contributed by atoms with van der Waals surface area (Å²) in [5, 5.41) is 11.3. The van der Waals surface area contributed by atoms with Crippen LogP contribution in [0.5, 0.6) is 5.75 Å². The van der Waals surface area contributed by atoms with Gasteiger partial charge in [0.25, 0.3) is 5.69 Å². The lowest BCUT2D eigenvalue weighted by molar-refractivity contribution is -0.386. The fourth-order valence-electron chi connectivity index (χ4n) is 2.53. The monoisotopic (exact) mass is 398 g/mol. The molecule has 0 saturated heterocycles. The van der Waals surface area contributed by atoms with Crippen molar-refractivity contribution >= 4 is 20.2 Å². The molecule has 0 amide bonds. The van der Waals surface area contributed by atoms with Crippen molar-refractivity contribution in [2.24, 2.45) is 0 Å². The summed E-state index contributed by atoms with van der Waals surface area (Å²) in [6.07, 6.45) is 1.51. The molecule has 0 saturated carbocycles. The average molecular weight is 398 g/mol. The number of benzene rings is 1. The molecule has 1 aromatic carbocycles. The van der Waals surface area contributed by atoms with Gasteiger partial charge in [-0.3, -0.25) is 10.1 Å². The smallest absolute Gasteiger partial charge is 0.500 e. The highest BCUT2D eigenvalue weighted by Crippen LogP contribution is 2.35. The van der Waals surface area contributed by atoms with Gasteiger partial charge in [-0.25, -0.2) is 4.85 Å². The number of nitrogens with zero attached hydrogens (tertiary/aromatic N) is 2. The van der Waals surface area contributed by atoms with Crippen LogP contribution in [0.2, 0.25) is 6.04 Å². The summed E-state index contributed by atoms with van der Waals surface area (Å²) in [5.74, 6) is 0.211. The van der Waals surface area contributed by atoms with Gasteiger partial charge in [0, 0.05) is 45.6 Å². The molecule has 0 bridgehead atoms. The van der Waals surface area contributed by atoms with E-state index in [4.69, 9.17) is 29.3 Å². The molecular formula is C17H26N2O7Si. The van der Waals surface area contributed by atoms with E-state index in [-0.39, 0.29) is 23.7 Å². The predicted molar refractivity (Wildman–Crippen MR) is 101 cm³/mol. The minimum atomic E-state index is -2.58. The Morgan fingerprint density at radius 1 is 1.19 bits per heavy atom. The standard InChI is InChI=1S/C17H26N2O7Si/c1-6-26-17-12-16(19(20)21)14(11-15(17)18-2)13-25-9-7-8-10-27(22-3,23-4)24-5/h11-12H,6-10,13H2,1,3-5H3. The topological polar surface area (TPSA) is 93.7 Å². The first-order valence-corrected chi connectivity index (χ1v) is 10.4. The van der Waals surface area contributed by atoms with Crippen LogP contribution in [0, 0.1) is 16.7 Å². The zero-order valence-corrected chi connectivity index (χ0v) is 17.1. The number of ether oxygens (including phenoxy) is 2. The first-order chi connectivity index (χ1) is 13.0. The molecule has 0 aliphatic carbocycles. The predicted octanol–water partition coefficient (Wildman–Crippen LogP) is 3.72. The van der Waals surface area contributed by atoms with Crippen molar-refractivity contribution < 1.29 is 27.7 Å². The SMILES string of the molecule is [C-]#[N+]c1cc(COCCCC[Si](OC)(OC)OC)c([N+](=O)[O-])cc1OCC. The maximum absolute atomic E-state index is 11.3. The van der Waals surface area contributed by atoms with Gasteiger partial charge >= 0.3 is 8.80 Å². The van der Waals surface area contributed by atoms with Crippen molar-refractivity contribution in [1.29, 1.82) is 0 Å². The van der Waals surface area contributed by atoms with Crippen LogP contribution in [0.4, 0.5) is 11.4 Å². The zero-order chi connectivity index (χ0) is 20.3. The second kappa shape index (κ2) is 11.6. The third kappa shape index (κ3) is 6.57. The van der Waals surface area contributed by atoms with Gasteiger partial charge in [-0.05, 0) is 25.8 Å². The Bertz CT molecular complexity index is 651. The largest absolute Gasteiger partial charge is 0.505 e. The summed E-state index contributed by atoms with van der Waals surface area (Å²) in [5.41, 5.74) is 0.469. The highest BCUT2D eigenvalue weighted by atomic mass is 28.4. The lowest BCUT2D eigenvalue weighted by Crippen LogP contribution is -2.42. The summed E-state index contributed by atoms with van der Waals surface area (Å²) in [4.78, 5) is 14.2. The van der Waals surface area contributed by atoms with Crippen LogP contribution in [0.15, 0.2) is 12.1 Å². The Morgan fingerprint density at radius 3 is 2.37 bits per heavy atom. The van der Waals surface area contributed by atoms with Crippen LogP contribution in [0.25, 0.3) is 4.85 Å². The normalized spacial score (nSPS) is 11.2. The molecular weight excluding hydrogens is 372 g/mol. The third-order valence-electron chi connectivity index (χ3n) is 3.99. The average Bonchev–Trinajstić information content (AvgIpc) is 2.68. The molecule has 0 aliphatic heterocycles. The van der Waals surface area contributed by atoms with E-state index < -0.39 is 13.7 Å². The summed E-state index contributed by atoms with van der Waals surface area (Å²) < 4.78 is 26.9. The van der Waals surface area contributed by atoms with Gasteiger partial charge in [0.15, 0.2) is 0 Å². The molecule has 150 valence electrons. The fraction of sp³-hybridized carbons (Fsp3) is 0.588. The highest BCUT2D eigenvalue weighted by molar-refractivity contribution is 6.60. The molecule has 1 rings (SSSR count). The lowest BCUT2D eigenvalue weighted by Gasteiger charge is -2.24. The lowest BCUT2D eigenvalue weighted by atomic mass is 10.1. The first-order valence-electron chi connectivity index (χ1n) is 8.51. The molecule has 0 fully saturated rings. The minimum Gasteiger partial charge on any atom is -0.505 e. The van der Waals surface area contributed by atoms with E-state index in [1.54, 1.807) is 28.3 Å². The van der Waals surface area contributed by atoms with Crippen LogP contribution < -0.4 is 4.74 Å². The highest BCUT2D eigenvalue weighted by Gasteiger charge is 2.36. The third-order valence-corrected chi connectivity index (χ3v) is 6.82. The van der Waals surface area contributed by atoms with Crippen molar-refractivity contribution in [2.75, 3.05) is 34.5 Å². The summed E-state index contributed by atoms with van der Waals surface area (Å²) >= 11 is 0. The van der Waals surface area contributed by atoms with Gasteiger partial charge in [0.05, 0.1) is 24.7 Å².